The quantitative estimate of drug-likeness (QED) is 0.604. The van der Waals surface area contributed by atoms with E-state index in [1.807, 2.05) is 6.92 Å². The minimum atomic E-state index is 0.189. The van der Waals surface area contributed by atoms with Gasteiger partial charge in [0.1, 0.15) is 5.78 Å². The second-order valence-electron chi connectivity index (χ2n) is 3.30. The summed E-state index contributed by atoms with van der Waals surface area (Å²) in [5, 5.41) is 8.42. The van der Waals surface area contributed by atoms with Crippen LogP contribution < -0.4 is 0 Å². The van der Waals surface area contributed by atoms with Gasteiger partial charge in [-0.3, -0.25) is 4.79 Å². The van der Waals surface area contributed by atoms with Gasteiger partial charge in [0, 0.05) is 18.8 Å². The lowest BCUT2D eigenvalue weighted by Gasteiger charge is -2.12. The van der Waals surface area contributed by atoms with Gasteiger partial charge in [0.2, 0.25) is 0 Å². The molecule has 0 amide bonds. The van der Waals surface area contributed by atoms with E-state index in [-0.39, 0.29) is 11.8 Å². The van der Waals surface area contributed by atoms with Gasteiger partial charge in [-0.2, -0.15) is 5.26 Å². The highest BCUT2D eigenvalue weighted by Crippen LogP contribution is 2.29. The molecule has 1 saturated carbocycles. The summed E-state index contributed by atoms with van der Waals surface area (Å²) in [7, 11) is 0. The molecule has 0 bridgehead atoms. The molecule has 1 aliphatic carbocycles. The van der Waals surface area contributed by atoms with Crippen molar-refractivity contribution in [3.63, 3.8) is 0 Å². The van der Waals surface area contributed by atoms with E-state index in [1.165, 1.54) is 0 Å². The van der Waals surface area contributed by atoms with Gasteiger partial charge in [0.25, 0.3) is 0 Å². The normalized spacial score (nSPS) is 26.5. The van der Waals surface area contributed by atoms with Crippen LogP contribution in [0.3, 0.4) is 0 Å². The fourth-order valence-electron chi connectivity index (χ4n) is 1.73. The first kappa shape index (κ1) is 8.26. The van der Waals surface area contributed by atoms with Gasteiger partial charge >= 0.3 is 0 Å². The molecule has 60 valence electrons. The van der Waals surface area contributed by atoms with E-state index in [9.17, 15) is 4.79 Å². The first-order chi connectivity index (χ1) is 5.25. The van der Waals surface area contributed by atoms with Crippen molar-refractivity contribution in [1.82, 2.24) is 0 Å². The molecule has 1 rings (SSSR count). The van der Waals surface area contributed by atoms with Crippen LogP contribution in [0.5, 0.6) is 0 Å². The van der Waals surface area contributed by atoms with E-state index >= 15 is 0 Å². The van der Waals surface area contributed by atoms with Crippen LogP contribution in [-0.2, 0) is 4.79 Å². The van der Waals surface area contributed by atoms with Gasteiger partial charge in [-0.1, -0.05) is 6.92 Å². The molecule has 0 N–H and O–H groups in total. The maximum atomic E-state index is 11.2. The first-order valence-corrected chi connectivity index (χ1v) is 4.15. The lowest BCUT2D eigenvalue weighted by atomic mass is 9.90. The third kappa shape index (κ3) is 1.80. The van der Waals surface area contributed by atoms with Gasteiger partial charge in [0.15, 0.2) is 0 Å². The summed E-state index contributed by atoms with van der Waals surface area (Å²) in [6, 6.07) is 2.11. The molecule has 0 spiro atoms. The second kappa shape index (κ2) is 3.52. The standard InChI is InChI=1S/C9H13NO/c1-7(5-6-10)8-3-2-4-9(8)11/h7-8H,2-5H2,1H3. The molecule has 2 nitrogen and oxygen atoms in total. The molecule has 0 aliphatic heterocycles. The summed E-state index contributed by atoms with van der Waals surface area (Å²) in [5.41, 5.74) is 0. The molecule has 2 heteroatoms. The average Bonchev–Trinajstić information content (AvgIpc) is 2.36. The second-order valence-corrected chi connectivity index (χ2v) is 3.30. The largest absolute Gasteiger partial charge is 0.299 e. The summed E-state index contributed by atoms with van der Waals surface area (Å²) >= 11 is 0. The van der Waals surface area contributed by atoms with Crippen molar-refractivity contribution in [2.45, 2.75) is 32.6 Å². The molecular weight excluding hydrogens is 138 g/mol. The lowest BCUT2D eigenvalue weighted by Crippen LogP contribution is -2.15. The number of Topliss-reactive ketones (excluding diaryl/α,β-unsaturated/α-hetero) is 1. The third-order valence-corrected chi connectivity index (χ3v) is 2.45. The van der Waals surface area contributed by atoms with Crippen molar-refractivity contribution in [2.24, 2.45) is 11.8 Å². The van der Waals surface area contributed by atoms with Gasteiger partial charge < -0.3 is 0 Å². The Labute approximate surface area is 67.2 Å². The molecule has 2 unspecified atom stereocenters. The molecule has 1 fully saturated rings. The molecular formula is C9H13NO. The molecule has 0 saturated heterocycles. The van der Waals surface area contributed by atoms with E-state index in [0.717, 1.165) is 19.3 Å². The van der Waals surface area contributed by atoms with Gasteiger partial charge in [-0.15, -0.1) is 0 Å². The summed E-state index contributed by atoms with van der Waals surface area (Å²) in [6.07, 6.45) is 3.29. The van der Waals surface area contributed by atoms with Crippen molar-refractivity contribution in [2.75, 3.05) is 0 Å². The average molecular weight is 151 g/mol. The molecule has 11 heavy (non-hydrogen) atoms. The molecule has 1 aliphatic rings. The molecule has 0 aromatic rings. The summed E-state index contributed by atoms with van der Waals surface area (Å²) < 4.78 is 0. The van der Waals surface area contributed by atoms with Crippen molar-refractivity contribution < 1.29 is 4.79 Å². The van der Waals surface area contributed by atoms with E-state index in [0.29, 0.717) is 12.2 Å². The Hall–Kier alpha value is -0.840. The zero-order chi connectivity index (χ0) is 8.27. The smallest absolute Gasteiger partial charge is 0.136 e. The predicted octanol–water partition coefficient (Wildman–Crippen LogP) is 1.91. The molecule has 0 aromatic heterocycles. The van der Waals surface area contributed by atoms with Crippen LogP contribution in [0, 0.1) is 23.2 Å². The van der Waals surface area contributed by atoms with Gasteiger partial charge in [-0.25, -0.2) is 0 Å². The fraction of sp³-hybridized carbons (Fsp3) is 0.778. The zero-order valence-electron chi connectivity index (χ0n) is 6.84. The zero-order valence-corrected chi connectivity index (χ0v) is 6.84. The van der Waals surface area contributed by atoms with Crippen molar-refractivity contribution >= 4 is 5.78 Å². The van der Waals surface area contributed by atoms with Crippen LogP contribution in [-0.4, -0.2) is 5.78 Å². The fourth-order valence-corrected chi connectivity index (χ4v) is 1.73. The van der Waals surface area contributed by atoms with Crippen LogP contribution in [0.1, 0.15) is 32.6 Å². The van der Waals surface area contributed by atoms with Crippen LogP contribution >= 0.6 is 0 Å². The number of carbonyl (C=O) groups is 1. The van der Waals surface area contributed by atoms with Crippen LogP contribution in [0.15, 0.2) is 0 Å². The Morgan fingerprint density at radius 2 is 2.55 bits per heavy atom. The van der Waals surface area contributed by atoms with E-state index in [4.69, 9.17) is 5.26 Å². The molecule has 0 heterocycles. The number of ketones is 1. The van der Waals surface area contributed by atoms with E-state index in [1.54, 1.807) is 0 Å². The number of carbonyl (C=O) groups excluding carboxylic acids is 1. The minimum Gasteiger partial charge on any atom is -0.299 e. The minimum absolute atomic E-state index is 0.189. The Bertz CT molecular complexity index is 192. The Morgan fingerprint density at radius 3 is 3.00 bits per heavy atom. The molecule has 2 atom stereocenters. The SMILES string of the molecule is CC(CC#N)C1CCCC1=O. The van der Waals surface area contributed by atoms with Crippen LogP contribution in [0.4, 0.5) is 0 Å². The van der Waals surface area contributed by atoms with Crippen LogP contribution in [0.2, 0.25) is 0 Å². The summed E-state index contributed by atoms with van der Waals surface area (Å²) in [6.45, 7) is 2.00. The topological polar surface area (TPSA) is 40.9 Å². The predicted molar refractivity (Wildman–Crippen MR) is 41.7 cm³/mol. The number of hydrogen-bond donors (Lipinski definition) is 0. The molecule has 0 aromatic carbocycles. The number of nitrogens with zero attached hydrogens (tertiary/aromatic N) is 1. The monoisotopic (exact) mass is 151 g/mol. The van der Waals surface area contributed by atoms with Crippen LogP contribution in [0.25, 0.3) is 0 Å². The van der Waals surface area contributed by atoms with E-state index < -0.39 is 0 Å². The summed E-state index contributed by atoms with van der Waals surface area (Å²) in [5.74, 6) is 0.831. The van der Waals surface area contributed by atoms with Gasteiger partial charge in [-0.05, 0) is 18.8 Å². The van der Waals surface area contributed by atoms with Crippen molar-refractivity contribution in [3.8, 4) is 6.07 Å². The third-order valence-electron chi connectivity index (χ3n) is 2.45. The Kier molecular flexibility index (Phi) is 2.64. The maximum absolute atomic E-state index is 11.2. The lowest BCUT2D eigenvalue weighted by molar-refractivity contribution is -0.121. The number of hydrogen-bond acceptors (Lipinski definition) is 2. The molecule has 0 radical (unpaired) electrons. The van der Waals surface area contributed by atoms with Gasteiger partial charge in [0.05, 0.1) is 6.07 Å². The van der Waals surface area contributed by atoms with E-state index in [2.05, 4.69) is 6.07 Å². The highest BCUT2D eigenvalue weighted by atomic mass is 16.1. The first-order valence-electron chi connectivity index (χ1n) is 4.15. The highest BCUT2D eigenvalue weighted by Gasteiger charge is 2.28. The van der Waals surface area contributed by atoms with Crippen molar-refractivity contribution in [1.29, 1.82) is 5.26 Å². The summed E-state index contributed by atoms with van der Waals surface area (Å²) in [4.78, 5) is 11.2. The number of rotatable bonds is 2. The van der Waals surface area contributed by atoms with Crippen molar-refractivity contribution in [3.05, 3.63) is 0 Å². The highest BCUT2D eigenvalue weighted by molar-refractivity contribution is 5.83. The Morgan fingerprint density at radius 1 is 1.82 bits per heavy atom. The Balaban J connectivity index is 2.47. The number of nitriles is 1. The maximum Gasteiger partial charge on any atom is 0.136 e.